The zero-order valence-electron chi connectivity index (χ0n) is 12.5. The van der Waals surface area contributed by atoms with Crippen LogP contribution in [0.4, 0.5) is 5.69 Å². The van der Waals surface area contributed by atoms with Gasteiger partial charge in [-0.05, 0) is 44.9 Å². The van der Waals surface area contributed by atoms with E-state index in [0.717, 1.165) is 41.0 Å². The van der Waals surface area contributed by atoms with Crippen molar-refractivity contribution in [3.63, 3.8) is 0 Å². The molecule has 0 saturated carbocycles. The van der Waals surface area contributed by atoms with Gasteiger partial charge in [-0.2, -0.15) is 0 Å². The third-order valence-electron chi connectivity index (χ3n) is 3.70. The summed E-state index contributed by atoms with van der Waals surface area (Å²) in [6.45, 7) is 7.96. The normalized spacial score (nSPS) is 11.1. The fraction of sp³-hybridized carbons (Fsp3) is 0.438. The fourth-order valence-electron chi connectivity index (χ4n) is 2.21. The van der Waals surface area contributed by atoms with Gasteiger partial charge in [0.05, 0.1) is 22.4 Å². The van der Waals surface area contributed by atoms with Crippen LogP contribution in [-0.2, 0) is 4.79 Å². The van der Waals surface area contributed by atoms with E-state index in [2.05, 4.69) is 15.3 Å². The molecule has 1 N–H and O–H groups in total. The number of rotatable bonds is 4. The van der Waals surface area contributed by atoms with Crippen LogP contribution in [0.25, 0.3) is 11.0 Å². The third kappa shape index (κ3) is 2.95. The van der Waals surface area contributed by atoms with Crippen LogP contribution in [0.2, 0.25) is 0 Å². The van der Waals surface area contributed by atoms with Crippen LogP contribution in [0.15, 0.2) is 18.2 Å². The molecule has 2 aromatic rings. The van der Waals surface area contributed by atoms with Crippen molar-refractivity contribution in [1.29, 1.82) is 0 Å². The quantitative estimate of drug-likeness (QED) is 0.924. The summed E-state index contributed by atoms with van der Waals surface area (Å²) in [6, 6.07) is 5.67. The number of nitrogens with zero attached hydrogens (tertiary/aromatic N) is 2. The number of amides is 1. The molecule has 0 fully saturated rings. The molecule has 1 amide bonds. The van der Waals surface area contributed by atoms with E-state index in [9.17, 15) is 4.79 Å². The van der Waals surface area contributed by atoms with Gasteiger partial charge in [0.1, 0.15) is 0 Å². The summed E-state index contributed by atoms with van der Waals surface area (Å²) in [4.78, 5) is 21.1. The number of hydrogen-bond donors (Lipinski definition) is 1. The van der Waals surface area contributed by atoms with Gasteiger partial charge in [0.25, 0.3) is 0 Å². The highest BCUT2D eigenvalue weighted by molar-refractivity contribution is 5.94. The second-order valence-corrected chi connectivity index (χ2v) is 5.10. The van der Waals surface area contributed by atoms with Gasteiger partial charge < -0.3 is 5.32 Å². The minimum Gasteiger partial charge on any atom is -0.326 e. The molecule has 0 spiro atoms. The molecule has 4 nitrogen and oxygen atoms in total. The van der Waals surface area contributed by atoms with Crippen LogP contribution in [0.5, 0.6) is 0 Å². The number of carbonyl (C=O) groups excluding carboxylic acids is 1. The zero-order chi connectivity index (χ0) is 14.7. The second kappa shape index (κ2) is 5.99. The van der Waals surface area contributed by atoms with E-state index < -0.39 is 0 Å². The van der Waals surface area contributed by atoms with Gasteiger partial charge in [-0.1, -0.05) is 13.8 Å². The van der Waals surface area contributed by atoms with Crippen LogP contribution in [0, 0.1) is 19.8 Å². The van der Waals surface area contributed by atoms with Crippen molar-refractivity contribution in [2.75, 3.05) is 5.32 Å². The lowest BCUT2D eigenvalue weighted by Crippen LogP contribution is -2.21. The van der Waals surface area contributed by atoms with E-state index in [-0.39, 0.29) is 11.8 Å². The summed E-state index contributed by atoms with van der Waals surface area (Å²) in [5.41, 5.74) is 4.31. The van der Waals surface area contributed by atoms with E-state index in [1.807, 2.05) is 45.9 Å². The van der Waals surface area contributed by atoms with Gasteiger partial charge in [0, 0.05) is 11.6 Å². The van der Waals surface area contributed by atoms with Crippen molar-refractivity contribution >= 4 is 22.6 Å². The lowest BCUT2D eigenvalue weighted by Gasteiger charge is -2.13. The minimum absolute atomic E-state index is 0.0662. The topological polar surface area (TPSA) is 54.9 Å². The maximum Gasteiger partial charge on any atom is 0.227 e. The Morgan fingerprint density at radius 2 is 1.70 bits per heavy atom. The molecule has 1 heterocycles. The van der Waals surface area contributed by atoms with Crippen LogP contribution >= 0.6 is 0 Å². The molecular weight excluding hydrogens is 250 g/mol. The zero-order valence-corrected chi connectivity index (χ0v) is 12.5. The van der Waals surface area contributed by atoms with Crippen molar-refractivity contribution < 1.29 is 4.79 Å². The summed E-state index contributed by atoms with van der Waals surface area (Å²) in [5.74, 6) is 0.141. The number of nitrogens with one attached hydrogen (secondary N) is 1. The smallest absolute Gasteiger partial charge is 0.227 e. The van der Waals surface area contributed by atoms with E-state index in [4.69, 9.17) is 0 Å². The Labute approximate surface area is 119 Å². The molecule has 0 bridgehead atoms. The Morgan fingerprint density at radius 1 is 1.10 bits per heavy atom. The maximum absolute atomic E-state index is 12.1. The van der Waals surface area contributed by atoms with Crippen LogP contribution < -0.4 is 5.32 Å². The highest BCUT2D eigenvalue weighted by Gasteiger charge is 2.14. The molecule has 0 atom stereocenters. The SMILES string of the molecule is CCC(CC)C(=O)Nc1ccc2nc(C)c(C)nc2c1. The number of carbonyl (C=O) groups is 1. The Bertz CT molecular complexity index is 633. The standard InChI is InChI=1S/C16H21N3O/c1-5-12(6-2)16(20)19-13-7-8-14-15(9-13)18-11(4)10(3)17-14/h7-9,12H,5-6H2,1-4H3,(H,19,20). The lowest BCUT2D eigenvalue weighted by atomic mass is 10.0. The third-order valence-corrected chi connectivity index (χ3v) is 3.70. The number of aromatic nitrogens is 2. The second-order valence-electron chi connectivity index (χ2n) is 5.10. The van der Waals surface area contributed by atoms with E-state index in [1.54, 1.807) is 0 Å². The average molecular weight is 271 g/mol. The molecule has 0 radical (unpaired) electrons. The van der Waals surface area contributed by atoms with Crippen LogP contribution in [-0.4, -0.2) is 15.9 Å². The Hall–Kier alpha value is -1.97. The highest BCUT2D eigenvalue weighted by atomic mass is 16.1. The average Bonchev–Trinajstić information content (AvgIpc) is 2.42. The lowest BCUT2D eigenvalue weighted by molar-refractivity contribution is -0.120. The van der Waals surface area contributed by atoms with Crippen molar-refractivity contribution in [2.24, 2.45) is 5.92 Å². The molecule has 0 unspecified atom stereocenters. The summed E-state index contributed by atoms with van der Waals surface area (Å²) in [5, 5.41) is 2.96. The van der Waals surface area contributed by atoms with Gasteiger partial charge >= 0.3 is 0 Å². The molecule has 1 aromatic carbocycles. The van der Waals surface area contributed by atoms with Crippen LogP contribution in [0.1, 0.15) is 38.1 Å². The molecule has 20 heavy (non-hydrogen) atoms. The van der Waals surface area contributed by atoms with E-state index in [1.165, 1.54) is 0 Å². The Morgan fingerprint density at radius 3 is 2.30 bits per heavy atom. The Balaban J connectivity index is 2.28. The Kier molecular flexibility index (Phi) is 4.32. The highest BCUT2D eigenvalue weighted by Crippen LogP contribution is 2.19. The van der Waals surface area contributed by atoms with E-state index in [0.29, 0.717) is 0 Å². The van der Waals surface area contributed by atoms with Gasteiger partial charge in [-0.25, -0.2) is 9.97 Å². The van der Waals surface area contributed by atoms with Crippen molar-refractivity contribution in [2.45, 2.75) is 40.5 Å². The predicted molar refractivity (Wildman–Crippen MR) is 81.7 cm³/mol. The van der Waals surface area contributed by atoms with E-state index >= 15 is 0 Å². The molecule has 4 heteroatoms. The molecule has 0 aliphatic rings. The first kappa shape index (κ1) is 14.4. The number of fused-ring (bicyclic) bond motifs is 1. The minimum atomic E-state index is 0.0662. The van der Waals surface area contributed by atoms with Crippen molar-refractivity contribution in [3.8, 4) is 0 Å². The first-order valence-electron chi connectivity index (χ1n) is 7.11. The molecule has 1 aromatic heterocycles. The largest absolute Gasteiger partial charge is 0.326 e. The molecule has 0 aliphatic heterocycles. The van der Waals surface area contributed by atoms with Crippen LogP contribution in [0.3, 0.4) is 0 Å². The maximum atomic E-state index is 12.1. The van der Waals surface area contributed by atoms with Gasteiger partial charge in [0.15, 0.2) is 0 Å². The predicted octanol–water partition coefficient (Wildman–Crippen LogP) is 3.62. The van der Waals surface area contributed by atoms with Crippen molar-refractivity contribution in [1.82, 2.24) is 9.97 Å². The number of benzene rings is 1. The summed E-state index contributed by atoms with van der Waals surface area (Å²) < 4.78 is 0. The summed E-state index contributed by atoms with van der Waals surface area (Å²) >= 11 is 0. The van der Waals surface area contributed by atoms with Gasteiger partial charge in [-0.15, -0.1) is 0 Å². The summed E-state index contributed by atoms with van der Waals surface area (Å²) in [6.07, 6.45) is 1.71. The number of anilines is 1. The molecule has 0 saturated heterocycles. The fourth-order valence-corrected chi connectivity index (χ4v) is 2.21. The molecular formula is C16H21N3O. The molecule has 0 aliphatic carbocycles. The first-order valence-corrected chi connectivity index (χ1v) is 7.11. The van der Waals surface area contributed by atoms with Crippen molar-refractivity contribution in [3.05, 3.63) is 29.6 Å². The first-order chi connectivity index (χ1) is 9.55. The number of hydrogen-bond acceptors (Lipinski definition) is 3. The summed E-state index contributed by atoms with van der Waals surface area (Å²) in [7, 11) is 0. The molecule has 106 valence electrons. The van der Waals surface area contributed by atoms with Gasteiger partial charge in [0.2, 0.25) is 5.91 Å². The number of aryl methyl sites for hydroxylation is 2. The monoisotopic (exact) mass is 271 g/mol. The van der Waals surface area contributed by atoms with Gasteiger partial charge in [-0.3, -0.25) is 4.79 Å². The molecule has 2 rings (SSSR count).